The van der Waals surface area contributed by atoms with Gasteiger partial charge >= 0.3 is 12.1 Å². The van der Waals surface area contributed by atoms with Crippen LogP contribution in [-0.4, -0.2) is 42.3 Å². The highest BCUT2D eigenvalue weighted by Crippen LogP contribution is 2.20. The van der Waals surface area contributed by atoms with Gasteiger partial charge in [-0.25, -0.2) is 9.59 Å². The quantitative estimate of drug-likeness (QED) is 0.586. The maximum Gasteiger partial charge on any atom is 0.407 e. The van der Waals surface area contributed by atoms with Crippen LogP contribution in [0.3, 0.4) is 0 Å². The van der Waals surface area contributed by atoms with Crippen molar-refractivity contribution in [3.8, 4) is 0 Å². The summed E-state index contributed by atoms with van der Waals surface area (Å²) in [4.78, 5) is 22.9. The molecule has 1 aliphatic rings. The van der Waals surface area contributed by atoms with Crippen molar-refractivity contribution in [2.24, 2.45) is 5.92 Å². The van der Waals surface area contributed by atoms with Crippen LogP contribution in [-0.2, 0) is 9.53 Å². The fraction of sp³-hybridized carbons (Fsp3) is 0.636. The fourth-order valence-electron chi connectivity index (χ4n) is 1.78. The molecule has 0 aromatic carbocycles. The Balaban J connectivity index is 2.24. The number of methoxy groups -OCH3 is 1. The number of hydrogen-bond acceptors (Lipinski definition) is 3. The molecule has 1 N–H and O–H groups in total. The zero-order chi connectivity index (χ0) is 12.0. The van der Waals surface area contributed by atoms with E-state index in [1.165, 1.54) is 18.1 Å². The standard InChI is InChI=1S/C11H17NO4/c1-16-10(13)4-2-3-9-5-7-12(8-6-9)11(14)15/h2,4,9H,3,5-8H2,1H3,(H,14,15). The smallest absolute Gasteiger partial charge is 0.407 e. The van der Waals surface area contributed by atoms with Crippen molar-refractivity contribution < 1.29 is 19.4 Å². The van der Waals surface area contributed by atoms with Gasteiger partial charge in [0, 0.05) is 19.2 Å². The molecule has 1 amide bonds. The SMILES string of the molecule is COC(=O)C=CCC1CCN(C(=O)O)CC1. The normalized spacial score (nSPS) is 17.7. The second kappa shape index (κ2) is 6.15. The first-order valence-electron chi connectivity index (χ1n) is 5.36. The van der Waals surface area contributed by atoms with Crippen molar-refractivity contribution >= 4 is 12.1 Å². The summed E-state index contributed by atoms with van der Waals surface area (Å²) in [7, 11) is 1.35. The lowest BCUT2D eigenvalue weighted by Crippen LogP contribution is -2.37. The van der Waals surface area contributed by atoms with E-state index in [2.05, 4.69) is 4.74 Å². The summed E-state index contributed by atoms with van der Waals surface area (Å²) in [6.45, 7) is 1.18. The zero-order valence-corrected chi connectivity index (χ0v) is 9.39. The lowest BCUT2D eigenvalue weighted by atomic mass is 9.93. The average molecular weight is 227 g/mol. The van der Waals surface area contributed by atoms with Crippen LogP contribution in [0, 0.1) is 5.92 Å². The number of carbonyl (C=O) groups excluding carboxylic acids is 1. The Kier molecular flexibility index (Phi) is 4.82. The lowest BCUT2D eigenvalue weighted by molar-refractivity contribution is -0.134. The summed E-state index contributed by atoms with van der Waals surface area (Å²) in [5.74, 6) is 0.125. The van der Waals surface area contributed by atoms with Gasteiger partial charge in [0.15, 0.2) is 0 Å². The number of amides is 1. The summed E-state index contributed by atoms with van der Waals surface area (Å²) >= 11 is 0. The second-order valence-corrected chi connectivity index (χ2v) is 3.87. The second-order valence-electron chi connectivity index (χ2n) is 3.87. The average Bonchev–Trinajstić information content (AvgIpc) is 2.29. The summed E-state index contributed by atoms with van der Waals surface area (Å²) in [5.41, 5.74) is 0. The molecule has 90 valence electrons. The van der Waals surface area contributed by atoms with Crippen molar-refractivity contribution in [2.45, 2.75) is 19.3 Å². The lowest BCUT2D eigenvalue weighted by Gasteiger charge is -2.29. The Labute approximate surface area is 94.7 Å². The topological polar surface area (TPSA) is 66.8 Å². The van der Waals surface area contributed by atoms with Crippen LogP contribution in [0.25, 0.3) is 0 Å². The summed E-state index contributed by atoms with van der Waals surface area (Å²) < 4.78 is 4.48. The summed E-state index contributed by atoms with van der Waals surface area (Å²) in [5, 5.41) is 8.76. The van der Waals surface area contributed by atoms with Gasteiger partial charge in [-0.3, -0.25) is 0 Å². The molecule has 0 radical (unpaired) electrons. The molecule has 0 spiro atoms. The molecule has 0 aromatic heterocycles. The van der Waals surface area contributed by atoms with Crippen molar-refractivity contribution in [3.63, 3.8) is 0 Å². The molecule has 0 atom stereocenters. The molecule has 0 bridgehead atoms. The number of likely N-dealkylation sites (tertiary alicyclic amines) is 1. The fourth-order valence-corrected chi connectivity index (χ4v) is 1.78. The third-order valence-corrected chi connectivity index (χ3v) is 2.81. The first-order chi connectivity index (χ1) is 7.63. The number of rotatable bonds is 3. The predicted octanol–water partition coefficient (Wildman–Crippen LogP) is 1.50. The molecule has 5 heteroatoms. The zero-order valence-electron chi connectivity index (χ0n) is 9.39. The summed E-state index contributed by atoms with van der Waals surface area (Å²) in [6.07, 6.45) is 4.90. The number of esters is 1. The molecular weight excluding hydrogens is 210 g/mol. The predicted molar refractivity (Wildman–Crippen MR) is 58.1 cm³/mol. The molecular formula is C11H17NO4. The number of ether oxygens (including phenoxy) is 1. The van der Waals surface area contributed by atoms with Gasteiger partial charge < -0.3 is 14.7 Å². The van der Waals surface area contributed by atoms with Crippen LogP contribution in [0.4, 0.5) is 4.79 Å². The number of allylic oxidation sites excluding steroid dienone is 1. The highest BCUT2D eigenvalue weighted by molar-refractivity contribution is 5.81. The van der Waals surface area contributed by atoms with E-state index in [9.17, 15) is 9.59 Å². The Morgan fingerprint density at radius 3 is 2.56 bits per heavy atom. The third-order valence-electron chi connectivity index (χ3n) is 2.81. The minimum absolute atomic E-state index is 0.344. The molecule has 0 saturated carbocycles. The number of nitrogens with zero attached hydrogens (tertiary/aromatic N) is 1. The van der Waals surface area contributed by atoms with E-state index in [0.717, 1.165) is 19.3 Å². The first kappa shape index (κ1) is 12.5. The van der Waals surface area contributed by atoms with Crippen LogP contribution in [0.2, 0.25) is 0 Å². The van der Waals surface area contributed by atoms with Gasteiger partial charge in [0.2, 0.25) is 0 Å². The monoisotopic (exact) mass is 227 g/mol. The van der Waals surface area contributed by atoms with Crippen LogP contribution in [0.1, 0.15) is 19.3 Å². The summed E-state index contributed by atoms with van der Waals surface area (Å²) in [6, 6.07) is 0. The van der Waals surface area contributed by atoms with Gasteiger partial charge in [-0.05, 0) is 25.2 Å². The molecule has 1 heterocycles. The largest absolute Gasteiger partial charge is 0.466 e. The van der Waals surface area contributed by atoms with Crippen molar-refractivity contribution in [1.29, 1.82) is 0 Å². The van der Waals surface area contributed by atoms with Gasteiger partial charge in [0.1, 0.15) is 0 Å². The van der Waals surface area contributed by atoms with Crippen LogP contribution < -0.4 is 0 Å². The van der Waals surface area contributed by atoms with E-state index in [1.54, 1.807) is 6.08 Å². The van der Waals surface area contributed by atoms with Crippen molar-refractivity contribution in [1.82, 2.24) is 4.90 Å². The maximum absolute atomic E-state index is 10.8. The minimum atomic E-state index is -0.844. The van der Waals surface area contributed by atoms with Crippen molar-refractivity contribution in [3.05, 3.63) is 12.2 Å². The molecule has 5 nitrogen and oxygen atoms in total. The number of hydrogen-bond donors (Lipinski definition) is 1. The van der Waals surface area contributed by atoms with E-state index in [-0.39, 0.29) is 5.97 Å². The number of carbonyl (C=O) groups is 2. The van der Waals surface area contributed by atoms with E-state index in [1.807, 2.05) is 0 Å². The molecule has 0 aliphatic carbocycles. The van der Waals surface area contributed by atoms with Crippen LogP contribution in [0.15, 0.2) is 12.2 Å². The third kappa shape index (κ3) is 3.92. The minimum Gasteiger partial charge on any atom is -0.466 e. The van der Waals surface area contributed by atoms with E-state index in [4.69, 9.17) is 5.11 Å². The molecule has 0 aromatic rings. The Bertz CT molecular complexity index is 280. The number of piperidine rings is 1. The van der Waals surface area contributed by atoms with Gasteiger partial charge in [0.25, 0.3) is 0 Å². The molecule has 1 aliphatic heterocycles. The molecule has 1 saturated heterocycles. The van der Waals surface area contributed by atoms with Gasteiger partial charge in [-0.15, -0.1) is 0 Å². The first-order valence-corrected chi connectivity index (χ1v) is 5.36. The van der Waals surface area contributed by atoms with Crippen molar-refractivity contribution in [2.75, 3.05) is 20.2 Å². The maximum atomic E-state index is 10.8. The van der Waals surface area contributed by atoms with E-state index in [0.29, 0.717) is 19.0 Å². The Morgan fingerprint density at radius 2 is 2.06 bits per heavy atom. The van der Waals surface area contributed by atoms with Gasteiger partial charge in [-0.1, -0.05) is 6.08 Å². The Morgan fingerprint density at radius 1 is 1.44 bits per heavy atom. The molecule has 1 rings (SSSR count). The highest BCUT2D eigenvalue weighted by Gasteiger charge is 2.21. The molecule has 16 heavy (non-hydrogen) atoms. The Hall–Kier alpha value is -1.52. The van der Waals surface area contributed by atoms with Crippen LogP contribution in [0.5, 0.6) is 0 Å². The number of carboxylic acid groups (broad SMARTS) is 1. The van der Waals surface area contributed by atoms with E-state index < -0.39 is 6.09 Å². The van der Waals surface area contributed by atoms with Gasteiger partial charge in [0.05, 0.1) is 7.11 Å². The van der Waals surface area contributed by atoms with Crippen LogP contribution >= 0.6 is 0 Å². The van der Waals surface area contributed by atoms with E-state index >= 15 is 0 Å². The molecule has 0 unspecified atom stereocenters. The molecule has 1 fully saturated rings. The van der Waals surface area contributed by atoms with Gasteiger partial charge in [-0.2, -0.15) is 0 Å². The highest BCUT2D eigenvalue weighted by atomic mass is 16.5.